The third-order valence-corrected chi connectivity index (χ3v) is 16.4. The summed E-state index contributed by atoms with van der Waals surface area (Å²) in [5.41, 5.74) is 10.5. The highest BCUT2D eigenvalue weighted by Crippen LogP contribution is 2.50. The lowest BCUT2D eigenvalue weighted by atomic mass is 9.90. The lowest BCUT2D eigenvalue weighted by Crippen LogP contribution is -1.91. The Bertz CT molecular complexity index is 5180. The smallest absolute Gasteiger partial charge is 0.165 e. The Balaban J connectivity index is 1.12. The first kappa shape index (κ1) is 47.6. The van der Waals surface area contributed by atoms with Crippen LogP contribution in [0.1, 0.15) is 0 Å². The first-order valence-electron chi connectivity index (χ1n) is 27.3. The summed E-state index contributed by atoms with van der Waals surface area (Å²) >= 11 is 0. The predicted octanol–water partition coefficient (Wildman–Crippen LogP) is 18.7. The van der Waals surface area contributed by atoms with Crippen LogP contribution in [0.25, 0.3) is 177 Å². The van der Waals surface area contributed by atoms with Gasteiger partial charge in [-0.05, 0) is 138 Å². The van der Waals surface area contributed by atoms with Crippen LogP contribution in [0.5, 0.6) is 0 Å². The van der Waals surface area contributed by atoms with Gasteiger partial charge in [-0.1, -0.05) is 146 Å². The van der Waals surface area contributed by atoms with E-state index in [1.165, 1.54) is 48.5 Å². The van der Waals surface area contributed by atoms with Gasteiger partial charge >= 0.3 is 0 Å². The Morgan fingerprint density at radius 1 is 0.238 bits per heavy atom. The molecule has 8 bridgehead atoms. The molecule has 12 heteroatoms. The fraction of sp³-hybridized carbons (Fsp3) is 0. The molecule has 0 atom stereocenters. The molecule has 0 saturated heterocycles. The van der Waals surface area contributed by atoms with Crippen LogP contribution in [0.2, 0.25) is 0 Å². The van der Waals surface area contributed by atoms with Gasteiger partial charge in [0.05, 0.1) is 0 Å². The van der Waals surface area contributed by atoms with E-state index < -0.39 is 0 Å². The van der Waals surface area contributed by atoms with Gasteiger partial charge in [0.25, 0.3) is 0 Å². The molecule has 5 heterocycles. The molecule has 2 aliphatic heterocycles. The Kier molecular flexibility index (Phi) is 10.3. The molecule has 84 heavy (non-hydrogen) atoms. The summed E-state index contributed by atoms with van der Waals surface area (Å²) in [7, 11) is 0. The van der Waals surface area contributed by atoms with Crippen LogP contribution in [-0.4, -0.2) is 39.9 Å². The van der Waals surface area contributed by atoms with E-state index in [1.54, 1.807) is 48.5 Å². The molecule has 0 saturated carbocycles. The summed E-state index contributed by atoms with van der Waals surface area (Å²) in [4.78, 5) is 40.7. The van der Waals surface area contributed by atoms with E-state index in [1.807, 2.05) is 97.1 Å². The SMILES string of the molecule is Fc1ccc(-c2c3c(cc4ccccc24)-c2nc-3nc3[nH]c(nc4nc(nc5[nH]c(n2)c2c(-c6ccc(F)cc6)c6ccccc6cc52)-c2c-4cc4ccccc4c2-c2ccc(F)cc2)c2c(-c4ccc(F)cc4)c4ccccc4cc32)cc1. The molecule has 17 rings (SSSR count). The first-order chi connectivity index (χ1) is 41.2. The number of rotatable bonds is 4. The van der Waals surface area contributed by atoms with E-state index in [0.717, 1.165) is 87.6 Å². The third kappa shape index (κ3) is 7.33. The summed E-state index contributed by atoms with van der Waals surface area (Å²) in [6.45, 7) is 0. The van der Waals surface area contributed by atoms with E-state index in [0.29, 0.717) is 89.7 Å². The van der Waals surface area contributed by atoms with Crippen LogP contribution >= 0.6 is 0 Å². The average molecular weight is 1090 g/mol. The second-order valence-corrected chi connectivity index (χ2v) is 21.2. The van der Waals surface area contributed by atoms with Crippen LogP contribution in [0, 0.1) is 23.3 Å². The van der Waals surface area contributed by atoms with Crippen molar-refractivity contribution >= 4 is 87.2 Å². The second kappa shape index (κ2) is 18.1. The lowest BCUT2D eigenvalue weighted by molar-refractivity contribution is 0.627. The standard InChI is InChI=1S/C72H38F4N8/c73-45-25-17-37(18-26-45)57-49-13-5-1-9-41(49)33-53-61(57)69-77-65(53)81-70-62-54(34-42-10-2-6-14-50(42)58(62)38-19-27-46(74)28-20-38)67(78-70)83-72-64-56(36-44-12-4-8-16-52(44)60(64)40-23-31-48(76)32-24-40)68(80-72)84-71-63-55(66(79-71)82-69)35-43-11-3-7-15-51(43)59(63)39-21-29-47(75)30-22-39/h1-36H,(H2,77,78,79,80,81,82,83,84). The number of aromatic nitrogens is 8. The van der Waals surface area contributed by atoms with E-state index >= 15 is 0 Å². The quantitative estimate of drug-likeness (QED) is 0.170. The molecular formula is C72H38F4N8. The van der Waals surface area contributed by atoms with Gasteiger partial charge < -0.3 is 9.97 Å². The molecule has 0 amide bonds. The molecular weight excluding hydrogens is 1050 g/mol. The third-order valence-electron chi connectivity index (χ3n) is 16.4. The summed E-state index contributed by atoms with van der Waals surface area (Å²) in [6, 6.07) is 66.2. The molecule has 0 spiro atoms. The number of benzene rings is 12. The van der Waals surface area contributed by atoms with E-state index in [9.17, 15) is 17.6 Å². The van der Waals surface area contributed by atoms with Crippen LogP contribution < -0.4 is 0 Å². The van der Waals surface area contributed by atoms with Gasteiger partial charge in [-0.25, -0.2) is 47.5 Å². The Hall–Kier alpha value is -11.2. The zero-order valence-corrected chi connectivity index (χ0v) is 44.0. The molecule has 12 aromatic carbocycles. The monoisotopic (exact) mass is 1090 g/mol. The van der Waals surface area contributed by atoms with Crippen molar-refractivity contribution in [1.29, 1.82) is 0 Å². The van der Waals surface area contributed by atoms with E-state index in [2.05, 4.69) is 34.2 Å². The topological polar surface area (TPSA) is 109 Å². The highest BCUT2D eigenvalue weighted by molar-refractivity contribution is 6.23. The summed E-state index contributed by atoms with van der Waals surface area (Å²) in [5, 5.41) is 9.96. The van der Waals surface area contributed by atoms with Crippen LogP contribution in [0.4, 0.5) is 17.6 Å². The second-order valence-electron chi connectivity index (χ2n) is 21.2. The average Bonchev–Trinajstić information content (AvgIpc) is 1.77. The summed E-state index contributed by atoms with van der Waals surface area (Å²) in [5.74, 6) is -0.196. The van der Waals surface area contributed by atoms with Gasteiger partial charge in [0.15, 0.2) is 23.3 Å². The summed E-state index contributed by atoms with van der Waals surface area (Å²) in [6.07, 6.45) is 0. The zero-order valence-electron chi connectivity index (χ0n) is 44.0. The largest absolute Gasteiger partial charge is 0.324 e. The maximum Gasteiger partial charge on any atom is 0.165 e. The van der Waals surface area contributed by atoms with Crippen molar-refractivity contribution in [3.05, 3.63) is 242 Å². The number of H-pyrrole nitrogens is 2. The summed E-state index contributed by atoms with van der Waals surface area (Å²) < 4.78 is 59.9. The van der Waals surface area contributed by atoms with Crippen LogP contribution in [0.15, 0.2) is 218 Å². The van der Waals surface area contributed by atoms with Gasteiger partial charge in [0, 0.05) is 66.1 Å². The number of hydrogen-bond acceptors (Lipinski definition) is 6. The number of aromatic amines is 2. The first-order valence-corrected chi connectivity index (χ1v) is 27.3. The normalized spacial score (nSPS) is 12.0. The van der Waals surface area contributed by atoms with Crippen LogP contribution in [0.3, 0.4) is 0 Å². The van der Waals surface area contributed by atoms with Gasteiger partial charge in [-0.2, -0.15) is 0 Å². The van der Waals surface area contributed by atoms with Gasteiger partial charge in [-0.3, -0.25) is 0 Å². The maximum atomic E-state index is 15.0. The molecule has 2 N–H and O–H groups in total. The highest BCUT2D eigenvalue weighted by atomic mass is 19.1. The lowest BCUT2D eigenvalue weighted by Gasteiger charge is -2.13. The number of fused-ring (bicyclic) bond motifs is 24. The number of nitrogens with zero attached hydrogens (tertiary/aromatic N) is 6. The molecule has 0 aliphatic carbocycles. The number of halogens is 4. The van der Waals surface area contributed by atoms with Crippen molar-refractivity contribution in [2.75, 3.05) is 0 Å². The molecule has 2 aliphatic rings. The Labute approximate surface area is 474 Å². The molecule has 3 aromatic heterocycles. The number of hydrogen-bond donors (Lipinski definition) is 2. The van der Waals surface area contributed by atoms with E-state index in [4.69, 9.17) is 29.9 Å². The Morgan fingerprint density at radius 2 is 0.524 bits per heavy atom. The fourth-order valence-electron chi connectivity index (χ4n) is 12.8. The number of nitrogens with one attached hydrogen (secondary N) is 2. The van der Waals surface area contributed by atoms with Crippen LogP contribution in [-0.2, 0) is 0 Å². The van der Waals surface area contributed by atoms with Crippen molar-refractivity contribution in [2.24, 2.45) is 0 Å². The minimum absolute atomic E-state index is 0.326. The van der Waals surface area contributed by atoms with Gasteiger partial charge in [0.2, 0.25) is 0 Å². The molecule has 0 unspecified atom stereocenters. The molecule has 8 nitrogen and oxygen atoms in total. The minimum Gasteiger partial charge on any atom is -0.324 e. The van der Waals surface area contributed by atoms with Crippen molar-refractivity contribution < 1.29 is 17.6 Å². The maximum absolute atomic E-state index is 15.0. The van der Waals surface area contributed by atoms with E-state index in [-0.39, 0.29) is 23.3 Å². The Morgan fingerprint density at radius 3 is 0.869 bits per heavy atom. The fourth-order valence-corrected chi connectivity index (χ4v) is 12.8. The van der Waals surface area contributed by atoms with Gasteiger partial charge in [0.1, 0.15) is 45.9 Å². The zero-order chi connectivity index (χ0) is 55.9. The molecule has 394 valence electrons. The molecule has 0 radical (unpaired) electrons. The van der Waals surface area contributed by atoms with Crippen molar-refractivity contribution in [1.82, 2.24) is 39.9 Å². The molecule has 0 fully saturated rings. The highest BCUT2D eigenvalue weighted by Gasteiger charge is 2.30. The van der Waals surface area contributed by atoms with Crippen molar-refractivity contribution in [3.63, 3.8) is 0 Å². The van der Waals surface area contributed by atoms with Gasteiger partial charge in [-0.15, -0.1) is 0 Å². The minimum atomic E-state index is -0.379. The van der Waals surface area contributed by atoms with Crippen molar-refractivity contribution in [3.8, 4) is 90.1 Å². The molecule has 15 aromatic rings. The predicted molar refractivity (Wildman–Crippen MR) is 328 cm³/mol. The van der Waals surface area contributed by atoms with Crippen molar-refractivity contribution in [2.45, 2.75) is 0 Å².